The summed E-state index contributed by atoms with van der Waals surface area (Å²) in [5, 5.41) is 0.686. The highest BCUT2D eigenvalue weighted by Gasteiger charge is 2.21. The molecular weight excluding hydrogens is 274 g/mol. The van der Waals surface area contributed by atoms with Gasteiger partial charge in [-0.2, -0.15) is 0 Å². The number of oxazole rings is 1. The van der Waals surface area contributed by atoms with E-state index in [9.17, 15) is 0 Å². The first-order valence-corrected chi connectivity index (χ1v) is 7.20. The molecule has 4 nitrogen and oxygen atoms in total. The summed E-state index contributed by atoms with van der Waals surface area (Å²) in [4.78, 5) is 6.92. The van der Waals surface area contributed by atoms with Crippen LogP contribution in [0.5, 0.6) is 0 Å². The summed E-state index contributed by atoms with van der Waals surface area (Å²) in [6, 6.07) is 7.84. The first-order chi connectivity index (χ1) is 9.61. The van der Waals surface area contributed by atoms with Crippen LogP contribution in [0.4, 0.5) is 0 Å². The maximum Gasteiger partial charge on any atom is 0.226 e. The average molecular weight is 292 g/mol. The lowest BCUT2D eigenvalue weighted by Crippen LogP contribution is -2.26. The summed E-state index contributed by atoms with van der Waals surface area (Å²) < 4.78 is 5.77. The molecule has 0 spiro atoms. The Hall–Kier alpha value is -1.36. The van der Waals surface area contributed by atoms with Crippen LogP contribution < -0.4 is 5.73 Å². The Morgan fingerprint density at radius 1 is 1.50 bits per heavy atom. The zero-order valence-corrected chi connectivity index (χ0v) is 12.2. The molecule has 2 heterocycles. The van der Waals surface area contributed by atoms with E-state index in [2.05, 4.69) is 9.88 Å². The molecule has 106 valence electrons. The second kappa shape index (κ2) is 5.56. The summed E-state index contributed by atoms with van der Waals surface area (Å²) in [6.07, 6.45) is 1.05. The summed E-state index contributed by atoms with van der Waals surface area (Å²) in [5.41, 5.74) is 7.82. The van der Waals surface area contributed by atoms with E-state index < -0.39 is 0 Å². The average Bonchev–Trinajstić information content (AvgIpc) is 2.97. The number of nitrogens with zero attached hydrogens (tertiary/aromatic N) is 2. The predicted octanol–water partition coefficient (Wildman–Crippen LogP) is 2.84. The second-order valence-electron chi connectivity index (χ2n) is 5.32. The topological polar surface area (TPSA) is 55.3 Å². The Balaban J connectivity index is 1.80. The van der Waals surface area contributed by atoms with Crippen molar-refractivity contribution in [2.24, 2.45) is 5.73 Å². The third-order valence-electron chi connectivity index (χ3n) is 3.65. The molecule has 1 aromatic carbocycles. The van der Waals surface area contributed by atoms with E-state index in [4.69, 9.17) is 21.8 Å². The minimum atomic E-state index is 0.287. The number of aromatic nitrogens is 1. The van der Waals surface area contributed by atoms with Gasteiger partial charge in [0.25, 0.3) is 0 Å². The van der Waals surface area contributed by atoms with Gasteiger partial charge in [-0.3, -0.25) is 4.90 Å². The van der Waals surface area contributed by atoms with Crippen LogP contribution in [0.25, 0.3) is 11.5 Å². The fourth-order valence-electron chi connectivity index (χ4n) is 2.54. The Bertz CT molecular complexity index is 611. The lowest BCUT2D eigenvalue weighted by atomic mass is 10.2. The lowest BCUT2D eigenvalue weighted by Gasteiger charge is -2.12. The molecule has 3 rings (SSSR count). The van der Waals surface area contributed by atoms with Crippen molar-refractivity contribution in [3.8, 4) is 11.5 Å². The molecule has 0 saturated carbocycles. The molecule has 2 aromatic rings. The number of aryl methyl sites for hydroxylation is 1. The van der Waals surface area contributed by atoms with Crippen LogP contribution in [-0.4, -0.2) is 29.0 Å². The van der Waals surface area contributed by atoms with Gasteiger partial charge in [-0.25, -0.2) is 4.98 Å². The molecule has 0 bridgehead atoms. The zero-order chi connectivity index (χ0) is 14.1. The van der Waals surface area contributed by atoms with Gasteiger partial charge in [0.05, 0.1) is 5.69 Å². The Labute approximate surface area is 123 Å². The Morgan fingerprint density at radius 2 is 2.35 bits per heavy atom. The quantitative estimate of drug-likeness (QED) is 0.945. The highest BCUT2D eigenvalue weighted by atomic mass is 35.5. The number of rotatable bonds is 3. The largest absolute Gasteiger partial charge is 0.441 e. The predicted molar refractivity (Wildman–Crippen MR) is 79.6 cm³/mol. The van der Waals surface area contributed by atoms with E-state index in [1.165, 1.54) is 0 Å². The minimum absolute atomic E-state index is 0.287. The number of benzene rings is 1. The molecule has 1 aromatic heterocycles. The van der Waals surface area contributed by atoms with Gasteiger partial charge in [0.2, 0.25) is 5.89 Å². The number of hydrogen-bond donors (Lipinski definition) is 1. The van der Waals surface area contributed by atoms with E-state index in [0.29, 0.717) is 10.9 Å². The molecule has 5 heteroatoms. The Morgan fingerprint density at radius 3 is 3.05 bits per heavy atom. The van der Waals surface area contributed by atoms with Gasteiger partial charge in [0.15, 0.2) is 0 Å². The van der Waals surface area contributed by atoms with Crippen LogP contribution in [0, 0.1) is 6.92 Å². The molecule has 0 unspecified atom stereocenters. The van der Waals surface area contributed by atoms with Gasteiger partial charge in [0.1, 0.15) is 5.76 Å². The van der Waals surface area contributed by atoms with Gasteiger partial charge in [-0.1, -0.05) is 17.7 Å². The van der Waals surface area contributed by atoms with E-state index in [-0.39, 0.29) is 6.04 Å². The minimum Gasteiger partial charge on any atom is -0.441 e. The van der Waals surface area contributed by atoms with E-state index in [1.54, 1.807) is 0 Å². The van der Waals surface area contributed by atoms with E-state index in [0.717, 1.165) is 43.1 Å². The van der Waals surface area contributed by atoms with Crippen molar-refractivity contribution < 1.29 is 4.42 Å². The molecule has 0 radical (unpaired) electrons. The van der Waals surface area contributed by atoms with Crippen molar-refractivity contribution in [2.75, 3.05) is 13.1 Å². The third-order valence-corrected chi connectivity index (χ3v) is 3.88. The molecule has 1 aliphatic heterocycles. The van der Waals surface area contributed by atoms with Gasteiger partial charge in [-0.05, 0) is 31.5 Å². The first-order valence-electron chi connectivity index (χ1n) is 6.82. The second-order valence-corrected chi connectivity index (χ2v) is 5.75. The lowest BCUT2D eigenvalue weighted by molar-refractivity contribution is 0.321. The number of hydrogen-bond acceptors (Lipinski definition) is 4. The molecular formula is C15H18ClN3O. The van der Waals surface area contributed by atoms with Crippen LogP contribution in [0.3, 0.4) is 0 Å². The maximum absolute atomic E-state index is 6.00. The molecule has 0 amide bonds. The SMILES string of the molecule is Cc1oc(-c2cccc(Cl)c2)nc1CN1CC[C@@H](N)C1. The monoisotopic (exact) mass is 291 g/mol. The van der Waals surface area contributed by atoms with Crippen LogP contribution in [0.15, 0.2) is 28.7 Å². The van der Waals surface area contributed by atoms with Gasteiger partial charge >= 0.3 is 0 Å². The molecule has 0 aliphatic carbocycles. The number of likely N-dealkylation sites (tertiary alicyclic amines) is 1. The Kier molecular flexibility index (Phi) is 3.78. The van der Waals surface area contributed by atoms with Crippen molar-refractivity contribution in [1.82, 2.24) is 9.88 Å². The van der Waals surface area contributed by atoms with Crippen LogP contribution in [-0.2, 0) is 6.54 Å². The fourth-order valence-corrected chi connectivity index (χ4v) is 2.73. The molecule has 1 aliphatic rings. The number of nitrogens with two attached hydrogens (primary N) is 1. The molecule has 1 atom stereocenters. The standard InChI is InChI=1S/C15H18ClN3O/c1-10-14(9-19-6-5-13(17)8-19)18-15(20-10)11-3-2-4-12(16)7-11/h2-4,7,13H,5-6,8-9,17H2,1H3/t13-/m1/s1. The van der Waals surface area contributed by atoms with Crippen molar-refractivity contribution in [3.05, 3.63) is 40.7 Å². The van der Waals surface area contributed by atoms with Crippen LogP contribution in [0.2, 0.25) is 5.02 Å². The molecule has 1 saturated heterocycles. The van der Waals surface area contributed by atoms with Crippen LogP contribution >= 0.6 is 11.6 Å². The molecule has 20 heavy (non-hydrogen) atoms. The third kappa shape index (κ3) is 2.87. The molecule has 1 fully saturated rings. The highest BCUT2D eigenvalue weighted by molar-refractivity contribution is 6.30. The van der Waals surface area contributed by atoms with Crippen LogP contribution in [0.1, 0.15) is 17.9 Å². The van der Waals surface area contributed by atoms with E-state index >= 15 is 0 Å². The molecule has 2 N–H and O–H groups in total. The van der Waals surface area contributed by atoms with E-state index in [1.807, 2.05) is 31.2 Å². The highest BCUT2D eigenvalue weighted by Crippen LogP contribution is 2.25. The van der Waals surface area contributed by atoms with Crippen molar-refractivity contribution in [1.29, 1.82) is 0 Å². The zero-order valence-electron chi connectivity index (χ0n) is 11.5. The first kappa shape index (κ1) is 13.6. The summed E-state index contributed by atoms with van der Waals surface area (Å²) in [5.74, 6) is 1.49. The summed E-state index contributed by atoms with van der Waals surface area (Å²) >= 11 is 6.00. The summed E-state index contributed by atoms with van der Waals surface area (Å²) in [7, 11) is 0. The smallest absolute Gasteiger partial charge is 0.226 e. The number of halogens is 1. The van der Waals surface area contributed by atoms with Gasteiger partial charge in [-0.15, -0.1) is 0 Å². The van der Waals surface area contributed by atoms with Crippen molar-refractivity contribution in [3.63, 3.8) is 0 Å². The van der Waals surface area contributed by atoms with Gasteiger partial charge in [0, 0.05) is 36.3 Å². The van der Waals surface area contributed by atoms with Gasteiger partial charge < -0.3 is 10.2 Å². The normalized spacial score (nSPS) is 19.6. The summed E-state index contributed by atoms with van der Waals surface area (Å²) in [6.45, 7) is 4.70. The van der Waals surface area contributed by atoms with Crippen molar-refractivity contribution in [2.45, 2.75) is 25.9 Å². The van der Waals surface area contributed by atoms with Crippen molar-refractivity contribution >= 4 is 11.6 Å². The fraction of sp³-hybridized carbons (Fsp3) is 0.400. The maximum atomic E-state index is 6.00.